The third-order valence-electron chi connectivity index (χ3n) is 4.28. The van der Waals surface area contributed by atoms with Crippen molar-refractivity contribution in [2.75, 3.05) is 5.73 Å². The quantitative estimate of drug-likeness (QED) is 0.666. The highest BCUT2D eigenvalue weighted by Gasteiger charge is 2.38. The monoisotopic (exact) mass is 423 g/mol. The maximum absolute atomic E-state index is 12.1. The molecule has 0 saturated heterocycles. The molecule has 0 fully saturated rings. The number of aryl methyl sites for hydroxylation is 2. The summed E-state index contributed by atoms with van der Waals surface area (Å²) >= 11 is 0. The average Bonchev–Trinajstić information content (AvgIpc) is 3.23. The Bertz CT molecular complexity index is 1070. The van der Waals surface area contributed by atoms with Crippen molar-refractivity contribution in [2.24, 2.45) is 7.05 Å². The standard InChI is InChI=1S/C18H19N3O2.C2HF3O2/c1-12-15(20-18(19)21(2)17(12)22)9-8-13-5-3-6-14(11-13)16-7-4-10-23-16;3-2(4,5)1(6)7/h3-7,10-11H,8-9H2,1-2H3,(H2,19,20);(H,6,7). The van der Waals surface area contributed by atoms with Crippen molar-refractivity contribution in [1.29, 1.82) is 0 Å². The van der Waals surface area contributed by atoms with Gasteiger partial charge in [-0.15, -0.1) is 0 Å². The number of benzene rings is 1. The summed E-state index contributed by atoms with van der Waals surface area (Å²) in [5, 5.41) is 7.12. The van der Waals surface area contributed by atoms with Crippen LogP contribution in [0.15, 0.2) is 51.9 Å². The number of carboxylic acid groups (broad SMARTS) is 1. The number of aliphatic carboxylic acids is 1. The van der Waals surface area contributed by atoms with Crippen molar-refractivity contribution in [3.63, 3.8) is 0 Å². The number of anilines is 1. The largest absolute Gasteiger partial charge is 0.490 e. The lowest BCUT2D eigenvalue weighted by Gasteiger charge is -2.09. The van der Waals surface area contributed by atoms with E-state index in [9.17, 15) is 18.0 Å². The molecule has 30 heavy (non-hydrogen) atoms. The Balaban J connectivity index is 0.000000396. The number of alkyl halides is 3. The molecule has 1 aromatic carbocycles. The summed E-state index contributed by atoms with van der Waals surface area (Å²) in [5.41, 5.74) is 9.32. The molecule has 0 aliphatic carbocycles. The summed E-state index contributed by atoms with van der Waals surface area (Å²) < 4.78 is 38.5. The van der Waals surface area contributed by atoms with Crippen LogP contribution in [-0.4, -0.2) is 26.8 Å². The molecule has 0 amide bonds. The molecule has 3 N–H and O–H groups in total. The number of aromatic nitrogens is 2. The number of furan rings is 1. The predicted octanol–water partition coefficient (Wildman–Crippen LogP) is 3.35. The van der Waals surface area contributed by atoms with Crippen LogP contribution >= 0.6 is 0 Å². The fraction of sp³-hybridized carbons (Fsp3) is 0.250. The highest BCUT2D eigenvalue weighted by molar-refractivity contribution is 5.73. The van der Waals surface area contributed by atoms with Crippen LogP contribution in [-0.2, 0) is 24.7 Å². The minimum absolute atomic E-state index is 0.0863. The second-order valence-corrected chi connectivity index (χ2v) is 6.39. The topological polar surface area (TPSA) is 111 Å². The molecule has 3 aromatic rings. The summed E-state index contributed by atoms with van der Waals surface area (Å²) in [6, 6.07) is 12.0. The predicted molar refractivity (Wildman–Crippen MR) is 104 cm³/mol. The highest BCUT2D eigenvalue weighted by atomic mass is 19.4. The van der Waals surface area contributed by atoms with E-state index < -0.39 is 12.1 Å². The lowest BCUT2D eigenvalue weighted by atomic mass is 10.0. The number of halogens is 3. The minimum Gasteiger partial charge on any atom is -0.475 e. The van der Waals surface area contributed by atoms with Gasteiger partial charge in [0.15, 0.2) is 0 Å². The van der Waals surface area contributed by atoms with Gasteiger partial charge in [-0.1, -0.05) is 18.2 Å². The number of nitrogens with zero attached hydrogens (tertiary/aromatic N) is 2. The Labute approximate surface area is 169 Å². The van der Waals surface area contributed by atoms with Gasteiger partial charge in [0.25, 0.3) is 5.56 Å². The van der Waals surface area contributed by atoms with Crippen molar-refractivity contribution in [3.05, 3.63) is 69.8 Å². The number of hydrogen-bond acceptors (Lipinski definition) is 5. The number of carbonyl (C=O) groups is 1. The van der Waals surface area contributed by atoms with Crippen LogP contribution in [0.5, 0.6) is 0 Å². The summed E-state index contributed by atoms with van der Waals surface area (Å²) in [6.45, 7) is 1.80. The molecule has 0 spiro atoms. The molecule has 0 bridgehead atoms. The Morgan fingerprint density at radius 3 is 2.47 bits per heavy atom. The number of nitrogens with two attached hydrogens (primary N) is 1. The molecule has 0 unspecified atom stereocenters. The number of rotatable bonds is 4. The van der Waals surface area contributed by atoms with Gasteiger partial charge in [-0.05, 0) is 43.5 Å². The molecule has 0 radical (unpaired) electrons. The van der Waals surface area contributed by atoms with Crippen molar-refractivity contribution in [3.8, 4) is 11.3 Å². The molecule has 10 heteroatoms. The van der Waals surface area contributed by atoms with Crippen LogP contribution in [0.3, 0.4) is 0 Å². The molecule has 160 valence electrons. The minimum atomic E-state index is -5.08. The van der Waals surface area contributed by atoms with E-state index in [2.05, 4.69) is 17.1 Å². The second-order valence-electron chi connectivity index (χ2n) is 6.39. The van der Waals surface area contributed by atoms with Crippen LogP contribution in [0.1, 0.15) is 16.8 Å². The van der Waals surface area contributed by atoms with Crippen molar-refractivity contribution < 1.29 is 27.5 Å². The van der Waals surface area contributed by atoms with E-state index in [1.807, 2.05) is 24.3 Å². The van der Waals surface area contributed by atoms with Gasteiger partial charge in [0.2, 0.25) is 5.95 Å². The summed E-state index contributed by atoms with van der Waals surface area (Å²) in [7, 11) is 1.63. The zero-order valence-corrected chi connectivity index (χ0v) is 16.2. The molecule has 0 saturated carbocycles. The zero-order valence-electron chi connectivity index (χ0n) is 16.2. The van der Waals surface area contributed by atoms with E-state index >= 15 is 0 Å². The molecule has 7 nitrogen and oxygen atoms in total. The van der Waals surface area contributed by atoms with Crippen molar-refractivity contribution >= 4 is 11.9 Å². The first-order chi connectivity index (χ1) is 14.0. The van der Waals surface area contributed by atoms with Gasteiger partial charge in [0.1, 0.15) is 5.76 Å². The smallest absolute Gasteiger partial charge is 0.475 e. The van der Waals surface area contributed by atoms with E-state index in [1.165, 1.54) is 10.1 Å². The third-order valence-corrected chi connectivity index (χ3v) is 4.28. The second kappa shape index (κ2) is 9.29. The number of nitrogen functional groups attached to an aromatic ring is 1. The third kappa shape index (κ3) is 5.72. The normalized spacial score (nSPS) is 11.0. The van der Waals surface area contributed by atoms with E-state index in [1.54, 1.807) is 20.2 Å². The van der Waals surface area contributed by atoms with Crippen LogP contribution < -0.4 is 11.3 Å². The van der Waals surface area contributed by atoms with E-state index in [0.29, 0.717) is 12.0 Å². The van der Waals surface area contributed by atoms with E-state index in [0.717, 1.165) is 23.4 Å². The van der Waals surface area contributed by atoms with Gasteiger partial charge in [0.05, 0.1) is 12.0 Å². The lowest BCUT2D eigenvalue weighted by Crippen LogP contribution is -2.25. The average molecular weight is 423 g/mol. The van der Waals surface area contributed by atoms with Gasteiger partial charge < -0.3 is 15.3 Å². The van der Waals surface area contributed by atoms with Gasteiger partial charge in [-0.2, -0.15) is 13.2 Å². The molecule has 2 heterocycles. The maximum atomic E-state index is 12.1. The van der Waals surface area contributed by atoms with Crippen LogP contribution in [0.2, 0.25) is 0 Å². The fourth-order valence-electron chi connectivity index (χ4n) is 2.61. The van der Waals surface area contributed by atoms with Gasteiger partial charge >= 0.3 is 12.1 Å². The van der Waals surface area contributed by atoms with Crippen LogP contribution in [0, 0.1) is 6.92 Å². The van der Waals surface area contributed by atoms with Crippen LogP contribution in [0.25, 0.3) is 11.3 Å². The summed E-state index contributed by atoms with van der Waals surface area (Å²) in [4.78, 5) is 25.3. The van der Waals surface area contributed by atoms with Gasteiger partial charge in [-0.25, -0.2) is 9.78 Å². The summed E-state index contributed by atoms with van der Waals surface area (Å²) in [6.07, 6.45) is -1.96. The van der Waals surface area contributed by atoms with Gasteiger partial charge in [-0.3, -0.25) is 9.36 Å². The Morgan fingerprint density at radius 2 is 1.90 bits per heavy atom. The van der Waals surface area contributed by atoms with E-state index in [-0.39, 0.29) is 11.5 Å². The molecular formula is C20H20F3N3O4. The molecule has 0 atom stereocenters. The first-order valence-corrected chi connectivity index (χ1v) is 8.75. The molecular weight excluding hydrogens is 403 g/mol. The SMILES string of the molecule is Cc1c(CCc2cccc(-c3ccco3)c2)nc(N)n(C)c1=O.O=C(O)C(F)(F)F. The Kier molecular flexibility index (Phi) is 7.04. The Hall–Kier alpha value is -3.56. The van der Waals surface area contributed by atoms with Crippen molar-refractivity contribution in [2.45, 2.75) is 25.9 Å². The zero-order chi connectivity index (χ0) is 22.5. The van der Waals surface area contributed by atoms with E-state index in [4.69, 9.17) is 20.1 Å². The lowest BCUT2D eigenvalue weighted by molar-refractivity contribution is -0.192. The Morgan fingerprint density at radius 1 is 1.23 bits per heavy atom. The number of carboxylic acids is 1. The van der Waals surface area contributed by atoms with Crippen molar-refractivity contribution in [1.82, 2.24) is 9.55 Å². The number of hydrogen-bond donors (Lipinski definition) is 2. The maximum Gasteiger partial charge on any atom is 0.490 e. The van der Waals surface area contributed by atoms with Gasteiger partial charge in [0, 0.05) is 18.2 Å². The highest BCUT2D eigenvalue weighted by Crippen LogP contribution is 2.21. The molecule has 2 aromatic heterocycles. The molecule has 3 rings (SSSR count). The molecule has 0 aliphatic heterocycles. The molecule has 0 aliphatic rings. The van der Waals surface area contributed by atoms with Crippen LogP contribution in [0.4, 0.5) is 19.1 Å². The summed E-state index contributed by atoms with van der Waals surface area (Å²) in [5.74, 6) is -1.66. The first kappa shape index (κ1) is 22.7. The first-order valence-electron chi connectivity index (χ1n) is 8.75. The fourth-order valence-corrected chi connectivity index (χ4v) is 2.61.